The van der Waals surface area contributed by atoms with Crippen molar-refractivity contribution in [3.05, 3.63) is 58.7 Å². The van der Waals surface area contributed by atoms with E-state index < -0.39 is 23.5 Å². The molecule has 0 saturated heterocycles. The molecule has 2 aliphatic rings. The van der Waals surface area contributed by atoms with Gasteiger partial charge >= 0.3 is 12.4 Å². The Bertz CT molecular complexity index is 814. The fourth-order valence-electron chi connectivity index (χ4n) is 4.00. The maximum absolute atomic E-state index is 12.9. The van der Waals surface area contributed by atoms with Crippen LogP contribution in [-0.2, 0) is 25.2 Å². The second kappa shape index (κ2) is 6.60. The van der Waals surface area contributed by atoms with Crippen LogP contribution in [0.2, 0.25) is 0 Å². The van der Waals surface area contributed by atoms with Gasteiger partial charge in [0.1, 0.15) is 0 Å². The van der Waals surface area contributed by atoms with Gasteiger partial charge < -0.3 is 10.6 Å². The largest absolute Gasteiger partial charge is 0.416 e. The third-order valence-corrected chi connectivity index (χ3v) is 5.48. The van der Waals surface area contributed by atoms with E-state index in [0.29, 0.717) is 48.2 Å². The van der Waals surface area contributed by atoms with Crippen molar-refractivity contribution in [3.8, 4) is 0 Å². The van der Waals surface area contributed by atoms with Crippen LogP contribution in [0.1, 0.15) is 35.1 Å². The number of hydrogen-bond donors (Lipinski definition) is 2. The van der Waals surface area contributed by atoms with Crippen LogP contribution in [0.4, 0.5) is 37.7 Å². The van der Waals surface area contributed by atoms with Gasteiger partial charge in [-0.05, 0) is 73.2 Å². The van der Waals surface area contributed by atoms with Crippen molar-refractivity contribution in [1.29, 1.82) is 0 Å². The lowest BCUT2D eigenvalue weighted by molar-refractivity contribution is -0.138. The summed E-state index contributed by atoms with van der Waals surface area (Å²) >= 11 is 0. The Balaban J connectivity index is 1.49. The Kier molecular flexibility index (Phi) is 4.47. The monoisotopic (exact) mass is 400 g/mol. The average Bonchev–Trinajstić information content (AvgIpc) is 2.65. The molecular formula is C20H18F6N2. The van der Waals surface area contributed by atoms with E-state index in [0.717, 1.165) is 12.1 Å². The van der Waals surface area contributed by atoms with Gasteiger partial charge in [-0.1, -0.05) is 0 Å². The highest BCUT2D eigenvalue weighted by Gasteiger charge is 2.35. The second-order valence-corrected chi connectivity index (χ2v) is 7.32. The normalized spacial score (nSPS) is 21.9. The first kappa shape index (κ1) is 19.0. The predicted octanol–water partition coefficient (Wildman–Crippen LogP) is 5.88. The summed E-state index contributed by atoms with van der Waals surface area (Å²) in [6.45, 7) is 0. The quantitative estimate of drug-likeness (QED) is 0.585. The number of hydrogen-bond acceptors (Lipinski definition) is 2. The standard InChI is InChI=1S/C20H18F6N2/c21-19(22,23)13-3-7-15-11(9-13)1-5-17(27-15)18-6-2-12-10-14(20(24,25)26)4-8-16(12)28-18/h3-4,7-10,17-18,27-28H,1-2,5-6H2/t17-,18-/m0/s1. The van der Waals surface area contributed by atoms with Crippen molar-refractivity contribution in [2.45, 2.75) is 50.1 Å². The topological polar surface area (TPSA) is 24.1 Å². The molecule has 0 unspecified atom stereocenters. The lowest BCUT2D eigenvalue weighted by Crippen LogP contribution is -2.43. The molecule has 0 fully saturated rings. The van der Waals surface area contributed by atoms with Crippen LogP contribution in [0.3, 0.4) is 0 Å². The molecule has 2 nitrogen and oxygen atoms in total. The van der Waals surface area contributed by atoms with Gasteiger partial charge in [-0.2, -0.15) is 26.3 Å². The van der Waals surface area contributed by atoms with Gasteiger partial charge in [0.25, 0.3) is 0 Å². The minimum atomic E-state index is -4.37. The SMILES string of the molecule is FC(F)(F)c1ccc2c(c1)CC[C@@H]([C@@H]1CCc3cc(C(F)(F)F)ccc3N1)N2. The van der Waals surface area contributed by atoms with Crippen molar-refractivity contribution in [3.63, 3.8) is 0 Å². The molecule has 2 N–H and O–H groups in total. The van der Waals surface area contributed by atoms with Gasteiger partial charge in [-0.25, -0.2) is 0 Å². The van der Waals surface area contributed by atoms with Crippen molar-refractivity contribution in [1.82, 2.24) is 0 Å². The first-order valence-corrected chi connectivity index (χ1v) is 9.04. The van der Waals surface area contributed by atoms with E-state index in [2.05, 4.69) is 10.6 Å². The molecule has 2 atom stereocenters. The van der Waals surface area contributed by atoms with Crippen molar-refractivity contribution in [2.75, 3.05) is 10.6 Å². The zero-order valence-corrected chi connectivity index (χ0v) is 14.7. The van der Waals surface area contributed by atoms with E-state index in [9.17, 15) is 26.3 Å². The van der Waals surface area contributed by atoms with E-state index >= 15 is 0 Å². The van der Waals surface area contributed by atoms with Crippen molar-refractivity contribution < 1.29 is 26.3 Å². The van der Waals surface area contributed by atoms with Crippen LogP contribution in [0.25, 0.3) is 0 Å². The van der Waals surface area contributed by atoms with Gasteiger partial charge in [0.05, 0.1) is 11.1 Å². The Morgan fingerprint density at radius 3 is 1.39 bits per heavy atom. The molecule has 4 rings (SSSR count). The Morgan fingerprint density at radius 2 is 1.04 bits per heavy atom. The Hall–Kier alpha value is -2.38. The minimum Gasteiger partial charge on any atom is -0.380 e. The first-order valence-electron chi connectivity index (χ1n) is 9.04. The van der Waals surface area contributed by atoms with Crippen LogP contribution in [0, 0.1) is 0 Å². The predicted molar refractivity (Wildman–Crippen MR) is 94.4 cm³/mol. The summed E-state index contributed by atoms with van der Waals surface area (Å²) in [6, 6.07) is 7.40. The van der Waals surface area contributed by atoms with Crippen LogP contribution in [-0.4, -0.2) is 12.1 Å². The number of benzene rings is 2. The summed E-state index contributed by atoms with van der Waals surface area (Å²) < 4.78 is 77.2. The van der Waals surface area contributed by atoms with E-state index in [1.165, 1.54) is 24.3 Å². The maximum atomic E-state index is 12.9. The fraction of sp³-hybridized carbons (Fsp3) is 0.400. The molecule has 0 amide bonds. The van der Waals surface area contributed by atoms with Crippen molar-refractivity contribution >= 4 is 11.4 Å². The molecular weight excluding hydrogens is 382 g/mol. The maximum Gasteiger partial charge on any atom is 0.416 e. The van der Waals surface area contributed by atoms with E-state index in [1.807, 2.05) is 0 Å². The molecule has 0 radical (unpaired) electrons. The fourth-order valence-corrected chi connectivity index (χ4v) is 4.00. The van der Waals surface area contributed by atoms with Crippen LogP contribution >= 0.6 is 0 Å². The molecule has 2 aromatic rings. The number of anilines is 2. The van der Waals surface area contributed by atoms with E-state index in [-0.39, 0.29) is 12.1 Å². The minimum absolute atomic E-state index is 0.000297. The summed E-state index contributed by atoms with van der Waals surface area (Å²) in [4.78, 5) is 0. The van der Waals surface area contributed by atoms with Gasteiger partial charge in [0.15, 0.2) is 0 Å². The average molecular weight is 400 g/mol. The first-order chi connectivity index (χ1) is 13.1. The zero-order chi connectivity index (χ0) is 20.1. The van der Waals surface area contributed by atoms with Crippen LogP contribution < -0.4 is 10.6 Å². The molecule has 0 bridgehead atoms. The summed E-state index contributed by atoms with van der Waals surface area (Å²) in [5.74, 6) is 0. The van der Waals surface area contributed by atoms with Gasteiger partial charge in [0.2, 0.25) is 0 Å². The van der Waals surface area contributed by atoms with Crippen LogP contribution in [0.15, 0.2) is 36.4 Å². The number of nitrogens with one attached hydrogen (secondary N) is 2. The van der Waals surface area contributed by atoms with Crippen LogP contribution in [0.5, 0.6) is 0 Å². The lowest BCUT2D eigenvalue weighted by Gasteiger charge is -2.37. The number of fused-ring (bicyclic) bond motifs is 2. The summed E-state index contributed by atoms with van der Waals surface area (Å²) in [7, 11) is 0. The number of aryl methyl sites for hydroxylation is 2. The van der Waals surface area contributed by atoms with E-state index in [1.54, 1.807) is 0 Å². The highest BCUT2D eigenvalue weighted by Crippen LogP contribution is 2.37. The molecule has 8 heteroatoms. The Morgan fingerprint density at radius 1 is 0.643 bits per heavy atom. The van der Waals surface area contributed by atoms with Gasteiger partial charge in [-0.15, -0.1) is 0 Å². The van der Waals surface area contributed by atoms with E-state index in [4.69, 9.17) is 0 Å². The third kappa shape index (κ3) is 3.64. The Labute approximate surface area is 157 Å². The number of rotatable bonds is 1. The lowest BCUT2D eigenvalue weighted by atomic mass is 9.87. The summed E-state index contributed by atoms with van der Waals surface area (Å²) in [5.41, 5.74) is 1.33. The molecule has 0 saturated carbocycles. The van der Waals surface area contributed by atoms with Gasteiger partial charge in [0, 0.05) is 23.5 Å². The zero-order valence-electron chi connectivity index (χ0n) is 14.7. The van der Waals surface area contributed by atoms with Crippen molar-refractivity contribution in [2.24, 2.45) is 0 Å². The van der Waals surface area contributed by atoms with Gasteiger partial charge in [-0.3, -0.25) is 0 Å². The molecule has 2 aliphatic heterocycles. The molecule has 28 heavy (non-hydrogen) atoms. The smallest absolute Gasteiger partial charge is 0.380 e. The highest BCUT2D eigenvalue weighted by molar-refractivity contribution is 5.59. The summed E-state index contributed by atoms with van der Waals surface area (Å²) in [5, 5.41) is 6.60. The molecule has 0 aliphatic carbocycles. The third-order valence-electron chi connectivity index (χ3n) is 5.48. The number of halogens is 6. The molecule has 2 heterocycles. The number of alkyl halides is 6. The second-order valence-electron chi connectivity index (χ2n) is 7.32. The molecule has 0 aromatic heterocycles. The molecule has 0 spiro atoms. The summed E-state index contributed by atoms with van der Waals surface area (Å²) in [6.07, 6.45) is -6.38. The molecule has 150 valence electrons. The highest BCUT2D eigenvalue weighted by atomic mass is 19.4. The molecule has 2 aromatic carbocycles.